The molecule has 0 amide bonds. The highest BCUT2D eigenvalue weighted by Crippen LogP contribution is 2.56. The van der Waals surface area contributed by atoms with Crippen LogP contribution in [0.3, 0.4) is 0 Å². The van der Waals surface area contributed by atoms with E-state index in [0.29, 0.717) is 5.52 Å². The Balaban J connectivity index is 1.23. The monoisotopic (exact) mass is 437 g/mol. The standard InChI is InChI=1S/C21H21BFN5S2/c1-27-10-14-7-13(8-15(23)18(14)26-27)19-25-20-16(29-19)9-17(30-20)28-6-4-21(28)3-2-5-22(11-21)12-24/h7-10,19,25H,2-6,11H2,1H3. The third kappa shape index (κ3) is 2.77. The molecule has 5 nitrogen and oxygen atoms in total. The molecule has 0 radical (unpaired) electrons. The van der Waals surface area contributed by atoms with E-state index in [2.05, 4.69) is 27.4 Å². The average molecular weight is 437 g/mol. The molecule has 30 heavy (non-hydrogen) atoms. The molecule has 6 rings (SSSR count). The zero-order chi connectivity index (χ0) is 20.5. The summed E-state index contributed by atoms with van der Waals surface area (Å²) in [5, 5.41) is 20.5. The number of hydrogen-bond donors (Lipinski definition) is 1. The van der Waals surface area contributed by atoms with Crippen LogP contribution in [0, 0.1) is 17.0 Å². The Bertz CT molecular complexity index is 1180. The Morgan fingerprint density at radius 3 is 3.03 bits per heavy atom. The van der Waals surface area contributed by atoms with Gasteiger partial charge in [0, 0.05) is 41.6 Å². The van der Waals surface area contributed by atoms with Gasteiger partial charge >= 0.3 is 0 Å². The normalized spacial score (nSPS) is 25.3. The largest absolute Gasteiger partial charge is 0.360 e. The second kappa shape index (κ2) is 6.66. The molecule has 2 fully saturated rings. The van der Waals surface area contributed by atoms with Gasteiger partial charge in [-0.25, -0.2) is 9.65 Å². The molecule has 3 aromatic rings. The molecule has 9 heteroatoms. The number of thiophene rings is 1. The van der Waals surface area contributed by atoms with E-state index in [1.165, 1.54) is 27.7 Å². The van der Waals surface area contributed by atoms with Crippen LogP contribution in [-0.2, 0) is 7.05 Å². The maximum Gasteiger partial charge on any atom is 0.270 e. The second-order valence-electron chi connectivity index (χ2n) is 8.71. The summed E-state index contributed by atoms with van der Waals surface area (Å²) in [4.78, 5) is 3.78. The van der Waals surface area contributed by atoms with E-state index < -0.39 is 0 Å². The Morgan fingerprint density at radius 1 is 1.37 bits per heavy atom. The van der Waals surface area contributed by atoms with E-state index >= 15 is 0 Å². The molecule has 3 aliphatic heterocycles. The number of nitriles is 1. The molecule has 2 atom stereocenters. The van der Waals surface area contributed by atoms with E-state index in [1.54, 1.807) is 33.8 Å². The summed E-state index contributed by atoms with van der Waals surface area (Å²) in [5.41, 5.74) is 1.55. The zero-order valence-electron chi connectivity index (χ0n) is 16.7. The first-order valence-corrected chi connectivity index (χ1v) is 12.1. The lowest BCUT2D eigenvalue weighted by Gasteiger charge is -2.56. The summed E-state index contributed by atoms with van der Waals surface area (Å²) >= 11 is 3.55. The van der Waals surface area contributed by atoms with Crippen molar-refractivity contribution in [2.75, 3.05) is 16.8 Å². The molecule has 0 saturated carbocycles. The first-order valence-electron chi connectivity index (χ1n) is 10.4. The van der Waals surface area contributed by atoms with Crippen molar-refractivity contribution in [2.45, 2.75) is 47.7 Å². The average Bonchev–Trinajstić information content (AvgIpc) is 3.39. The topological polar surface area (TPSA) is 56.9 Å². The maximum absolute atomic E-state index is 14.5. The van der Waals surface area contributed by atoms with Gasteiger partial charge in [0.1, 0.15) is 15.9 Å². The van der Waals surface area contributed by atoms with Crippen molar-refractivity contribution in [1.82, 2.24) is 9.78 Å². The lowest BCUT2D eigenvalue weighted by atomic mass is 9.38. The molecule has 1 aromatic carbocycles. The number of benzene rings is 1. The molecule has 152 valence electrons. The van der Waals surface area contributed by atoms with Crippen LogP contribution in [0.1, 0.15) is 30.2 Å². The van der Waals surface area contributed by atoms with Crippen molar-refractivity contribution >= 4 is 50.7 Å². The van der Waals surface area contributed by atoms with Crippen molar-refractivity contribution in [3.63, 3.8) is 0 Å². The summed E-state index contributed by atoms with van der Waals surface area (Å²) in [6.45, 7) is 1.27. The Morgan fingerprint density at radius 2 is 2.27 bits per heavy atom. The Labute approximate surface area is 183 Å². The van der Waals surface area contributed by atoms with Gasteiger partial charge in [-0.2, -0.15) is 5.10 Å². The fourth-order valence-electron chi connectivity index (χ4n) is 5.30. The molecule has 1 N–H and O–H groups in total. The van der Waals surface area contributed by atoms with Gasteiger partial charge in [-0.15, -0.1) is 0 Å². The molecule has 1 spiro atoms. The van der Waals surface area contributed by atoms with Crippen LogP contribution >= 0.6 is 23.1 Å². The van der Waals surface area contributed by atoms with Gasteiger partial charge in [-0.3, -0.25) is 4.68 Å². The summed E-state index contributed by atoms with van der Waals surface area (Å²) in [6.07, 6.45) is 7.45. The quantitative estimate of drug-likeness (QED) is 0.552. The van der Waals surface area contributed by atoms with Crippen LogP contribution < -0.4 is 10.2 Å². The molecule has 2 aromatic heterocycles. The third-order valence-corrected chi connectivity index (χ3v) is 9.26. The van der Waals surface area contributed by atoms with Crippen molar-refractivity contribution < 1.29 is 4.39 Å². The number of aromatic nitrogens is 2. The van der Waals surface area contributed by atoms with Crippen molar-refractivity contribution in [2.24, 2.45) is 7.05 Å². The molecule has 0 aliphatic carbocycles. The number of nitrogens with one attached hydrogen (secondary N) is 1. The highest BCUT2D eigenvalue weighted by atomic mass is 32.2. The van der Waals surface area contributed by atoms with E-state index in [1.807, 2.05) is 19.3 Å². The number of fused-ring (bicyclic) bond motifs is 2. The summed E-state index contributed by atoms with van der Waals surface area (Å²) in [7, 11) is 1.81. The van der Waals surface area contributed by atoms with Gasteiger partial charge in [-0.1, -0.05) is 35.8 Å². The first-order chi connectivity index (χ1) is 14.5. The summed E-state index contributed by atoms with van der Waals surface area (Å²) < 4.78 is 16.2. The van der Waals surface area contributed by atoms with Crippen LogP contribution in [0.15, 0.2) is 29.3 Å². The van der Waals surface area contributed by atoms with Gasteiger partial charge in [0.2, 0.25) is 0 Å². The predicted molar refractivity (Wildman–Crippen MR) is 122 cm³/mol. The summed E-state index contributed by atoms with van der Waals surface area (Å²) in [5.74, 6) is 2.23. The number of hydrogen-bond acceptors (Lipinski definition) is 6. The van der Waals surface area contributed by atoms with Crippen molar-refractivity contribution in [1.29, 1.82) is 5.26 Å². The minimum atomic E-state index is -0.270. The van der Waals surface area contributed by atoms with Gasteiger partial charge in [-0.05, 0) is 42.9 Å². The number of halogens is 1. The number of nitrogens with zero attached hydrogens (tertiary/aromatic N) is 4. The van der Waals surface area contributed by atoms with Crippen LogP contribution in [-0.4, -0.2) is 28.6 Å². The number of aryl methyl sites for hydroxylation is 1. The van der Waals surface area contributed by atoms with Gasteiger partial charge < -0.3 is 10.2 Å². The fraction of sp³-hybridized carbons (Fsp3) is 0.429. The predicted octanol–water partition coefficient (Wildman–Crippen LogP) is 5.29. The minimum Gasteiger partial charge on any atom is -0.360 e. The lowest BCUT2D eigenvalue weighted by Crippen LogP contribution is -2.62. The SMILES string of the molecule is Cn1cc2cc(C3Nc4sc(N5CCC56CCCB(C#N)C6)cc4S3)cc(F)c2n1. The van der Waals surface area contributed by atoms with Crippen molar-refractivity contribution in [3.05, 3.63) is 35.8 Å². The van der Waals surface area contributed by atoms with Gasteiger partial charge in [0.15, 0.2) is 5.82 Å². The van der Waals surface area contributed by atoms with E-state index in [9.17, 15) is 9.65 Å². The zero-order valence-corrected chi connectivity index (χ0v) is 18.3. The molecular weight excluding hydrogens is 416 g/mol. The first kappa shape index (κ1) is 18.6. The van der Waals surface area contributed by atoms with Crippen LogP contribution in [0.2, 0.25) is 12.6 Å². The molecule has 2 unspecified atom stereocenters. The second-order valence-corrected chi connectivity index (χ2v) is 10.9. The van der Waals surface area contributed by atoms with E-state index in [-0.39, 0.29) is 23.4 Å². The molecule has 3 aliphatic rings. The van der Waals surface area contributed by atoms with Crippen LogP contribution in [0.25, 0.3) is 10.9 Å². The Kier molecular flexibility index (Phi) is 4.13. The number of anilines is 2. The molecule has 5 heterocycles. The molecule has 2 saturated heterocycles. The summed E-state index contributed by atoms with van der Waals surface area (Å²) in [6, 6.07) is 5.92. The minimum absolute atomic E-state index is 0.0161. The number of rotatable bonds is 2. The van der Waals surface area contributed by atoms with Crippen molar-refractivity contribution in [3.8, 4) is 5.97 Å². The third-order valence-electron chi connectivity index (χ3n) is 6.84. The molecular formula is C21H21BFN5S2. The highest BCUT2D eigenvalue weighted by Gasteiger charge is 2.49. The molecule has 0 bridgehead atoms. The smallest absolute Gasteiger partial charge is 0.270 e. The van der Waals surface area contributed by atoms with Crippen LogP contribution in [0.5, 0.6) is 0 Å². The maximum atomic E-state index is 14.5. The van der Waals surface area contributed by atoms with Gasteiger partial charge in [0.25, 0.3) is 6.71 Å². The number of thioether (sulfide) groups is 1. The fourth-order valence-corrected chi connectivity index (χ4v) is 7.89. The van der Waals surface area contributed by atoms with E-state index in [4.69, 9.17) is 0 Å². The van der Waals surface area contributed by atoms with E-state index in [0.717, 1.165) is 36.6 Å². The Hall–Kier alpha value is -2.18. The highest BCUT2D eigenvalue weighted by molar-refractivity contribution is 8.00. The van der Waals surface area contributed by atoms with Crippen LogP contribution in [0.4, 0.5) is 14.4 Å². The van der Waals surface area contributed by atoms with Gasteiger partial charge in [0.05, 0.1) is 5.00 Å². The lowest BCUT2D eigenvalue weighted by molar-refractivity contribution is 0.270.